The number of nitrogens with zero attached hydrogens (tertiary/aromatic N) is 1. The van der Waals surface area contributed by atoms with Gasteiger partial charge in [0.2, 0.25) is 0 Å². The van der Waals surface area contributed by atoms with Crippen LogP contribution in [0.3, 0.4) is 0 Å². The van der Waals surface area contributed by atoms with Crippen molar-refractivity contribution in [2.45, 2.75) is 6.42 Å². The number of aromatic nitrogens is 1. The minimum Gasteiger partial charge on any atom is -1.00 e. The van der Waals surface area contributed by atoms with Crippen LogP contribution in [0, 0.1) is 6.07 Å². The molecule has 1 N–H and O–H groups in total. The van der Waals surface area contributed by atoms with E-state index in [1.165, 1.54) is 10.8 Å². The van der Waals surface area contributed by atoms with Gasteiger partial charge in [-0.05, 0) is 5.56 Å². The molecule has 0 atom stereocenters. The predicted molar refractivity (Wildman–Crippen MR) is 58.1 cm³/mol. The molecule has 0 aliphatic heterocycles. The number of benzene rings is 1. The van der Waals surface area contributed by atoms with Crippen LogP contribution in [0.4, 0.5) is 4.79 Å². The first-order valence-corrected chi connectivity index (χ1v) is 4.96. The molecule has 0 spiro atoms. The molecule has 5 heteroatoms. The standard InChI is InChI=1S/C13H11NO2.ClH.Na/c15-13(16)14-9-5-4-8-12(14)10-11-6-2-1-3-7-11;;/h1-7,9H,10H2,(H,15,16);1H;/q;;+1/p-1. The first-order valence-electron chi connectivity index (χ1n) is 4.96. The molecule has 0 fully saturated rings. The van der Waals surface area contributed by atoms with Crippen molar-refractivity contribution in [3.63, 3.8) is 0 Å². The van der Waals surface area contributed by atoms with Gasteiger partial charge in [-0.2, -0.15) is 10.9 Å². The second-order valence-corrected chi connectivity index (χ2v) is 3.41. The molecule has 2 aromatic rings. The van der Waals surface area contributed by atoms with E-state index in [-0.39, 0.29) is 42.0 Å². The first kappa shape index (κ1) is 17.1. The van der Waals surface area contributed by atoms with Crippen molar-refractivity contribution in [2.75, 3.05) is 0 Å². The van der Waals surface area contributed by atoms with Crippen LogP contribution in [0.1, 0.15) is 11.3 Å². The maximum Gasteiger partial charge on any atom is 1.00 e. The van der Waals surface area contributed by atoms with Gasteiger partial charge in [0.05, 0.1) is 0 Å². The van der Waals surface area contributed by atoms with Crippen LogP contribution >= 0.6 is 0 Å². The fourth-order valence-electron chi connectivity index (χ4n) is 1.54. The van der Waals surface area contributed by atoms with Crippen LogP contribution in [0.25, 0.3) is 0 Å². The van der Waals surface area contributed by atoms with Crippen molar-refractivity contribution in [1.82, 2.24) is 0 Å². The quantitative estimate of drug-likeness (QED) is 0.343. The number of carboxylic acid groups (broad SMARTS) is 1. The summed E-state index contributed by atoms with van der Waals surface area (Å²) in [5, 5.41) is 8.99. The Balaban J connectivity index is 0.00000144. The van der Waals surface area contributed by atoms with Crippen molar-refractivity contribution in [2.24, 2.45) is 0 Å². The van der Waals surface area contributed by atoms with E-state index in [1.54, 1.807) is 12.1 Å². The molecule has 0 saturated carbocycles. The SMILES string of the molecule is O=C(O)[n+]1ccc[c-]c1Cc1ccccc1.[Cl-].[Na+]. The van der Waals surface area contributed by atoms with Crippen LogP contribution in [-0.2, 0) is 6.42 Å². The largest absolute Gasteiger partial charge is 1.00 e. The van der Waals surface area contributed by atoms with Gasteiger partial charge in [-0.25, -0.2) is 6.07 Å². The van der Waals surface area contributed by atoms with Gasteiger partial charge in [-0.1, -0.05) is 30.3 Å². The Morgan fingerprint density at radius 3 is 2.50 bits per heavy atom. The fraction of sp³-hybridized carbons (Fsp3) is 0.0769. The zero-order valence-electron chi connectivity index (χ0n) is 10.0. The van der Waals surface area contributed by atoms with E-state index in [2.05, 4.69) is 6.07 Å². The van der Waals surface area contributed by atoms with Gasteiger partial charge < -0.3 is 17.5 Å². The molecule has 1 aromatic heterocycles. The summed E-state index contributed by atoms with van der Waals surface area (Å²) in [7, 11) is 0. The summed E-state index contributed by atoms with van der Waals surface area (Å²) in [4.78, 5) is 11.0. The van der Waals surface area contributed by atoms with E-state index in [0.717, 1.165) is 5.56 Å². The average molecular weight is 272 g/mol. The van der Waals surface area contributed by atoms with E-state index < -0.39 is 6.09 Å². The summed E-state index contributed by atoms with van der Waals surface area (Å²) in [6.07, 6.45) is 1.10. The summed E-state index contributed by atoms with van der Waals surface area (Å²) in [6.45, 7) is 0. The van der Waals surface area contributed by atoms with Gasteiger partial charge in [0.25, 0.3) is 0 Å². The maximum absolute atomic E-state index is 11.0. The summed E-state index contributed by atoms with van der Waals surface area (Å²) < 4.78 is 1.19. The van der Waals surface area contributed by atoms with Crippen molar-refractivity contribution in [1.29, 1.82) is 0 Å². The van der Waals surface area contributed by atoms with Crippen LogP contribution in [0.15, 0.2) is 48.7 Å². The van der Waals surface area contributed by atoms with Gasteiger partial charge in [0, 0.05) is 6.42 Å². The average Bonchev–Trinajstić information content (AvgIpc) is 2.31. The van der Waals surface area contributed by atoms with Crippen LogP contribution in [-0.4, -0.2) is 11.2 Å². The molecule has 0 radical (unpaired) electrons. The van der Waals surface area contributed by atoms with Crippen LogP contribution < -0.4 is 46.5 Å². The predicted octanol–water partition coefficient (Wildman–Crippen LogP) is -4.10. The Morgan fingerprint density at radius 1 is 1.22 bits per heavy atom. The zero-order valence-corrected chi connectivity index (χ0v) is 12.8. The molecule has 0 bridgehead atoms. The Hall–Kier alpha value is -0.870. The summed E-state index contributed by atoms with van der Waals surface area (Å²) in [6, 6.07) is 16.1. The number of halogens is 1. The van der Waals surface area contributed by atoms with E-state index in [1.807, 2.05) is 30.3 Å². The molecule has 0 saturated heterocycles. The molecule has 88 valence electrons. The molecule has 0 aliphatic rings. The minimum absolute atomic E-state index is 0. The normalized spacial score (nSPS) is 8.89. The van der Waals surface area contributed by atoms with Gasteiger partial charge in [0.15, 0.2) is 0 Å². The second-order valence-electron chi connectivity index (χ2n) is 3.41. The molecule has 0 amide bonds. The van der Waals surface area contributed by atoms with Gasteiger partial charge in [0.1, 0.15) is 11.9 Å². The van der Waals surface area contributed by atoms with Crippen molar-refractivity contribution >= 4 is 6.09 Å². The Labute approximate surface area is 134 Å². The number of carbonyl (C=O) groups is 1. The third-order valence-electron chi connectivity index (χ3n) is 2.29. The van der Waals surface area contributed by atoms with Gasteiger partial charge in [-0.3, -0.25) is 0 Å². The summed E-state index contributed by atoms with van der Waals surface area (Å²) in [5.74, 6) is 0. The molecule has 2 rings (SSSR count). The van der Waals surface area contributed by atoms with Gasteiger partial charge >= 0.3 is 35.7 Å². The molecular weight excluding hydrogens is 261 g/mol. The molecule has 0 unspecified atom stereocenters. The van der Waals surface area contributed by atoms with Crippen molar-refractivity contribution in [3.8, 4) is 0 Å². The van der Waals surface area contributed by atoms with E-state index in [0.29, 0.717) is 12.1 Å². The van der Waals surface area contributed by atoms with Gasteiger partial charge in [-0.15, -0.1) is 10.6 Å². The van der Waals surface area contributed by atoms with Crippen molar-refractivity contribution in [3.05, 3.63) is 66.0 Å². The molecule has 18 heavy (non-hydrogen) atoms. The summed E-state index contributed by atoms with van der Waals surface area (Å²) in [5.41, 5.74) is 1.71. The molecule has 0 aliphatic carbocycles. The van der Waals surface area contributed by atoms with E-state index in [4.69, 9.17) is 5.11 Å². The monoisotopic (exact) mass is 271 g/mol. The first-order chi connectivity index (χ1) is 7.77. The second kappa shape index (κ2) is 8.27. The topological polar surface area (TPSA) is 41.2 Å². The number of hydrogen-bond donors (Lipinski definition) is 1. The fourth-order valence-corrected chi connectivity index (χ4v) is 1.54. The maximum atomic E-state index is 11.0. The Bertz CT molecular complexity index is 505. The number of hydrogen-bond acceptors (Lipinski definition) is 1. The molecule has 3 nitrogen and oxygen atoms in total. The molecular formula is C13H11ClNNaO2. The van der Waals surface area contributed by atoms with Crippen LogP contribution in [0.5, 0.6) is 0 Å². The molecule has 1 heterocycles. The third-order valence-corrected chi connectivity index (χ3v) is 2.29. The summed E-state index contributed by atoms with van der Waals surface area (Å²) >= 11 is 0. The molecule has 1 aromatic carbocycles. The van der Waals surface area contributed by atoms with E-state index >= 15 is 0 Å². The smallest absolute Gasteiger partial charge is 1.00 e. The Kier molecular flexibility index (Phi) is 7.87. The van der Waals surface area contributed by atoms with Crippen molar-refractivity contribution < 1.29 is 56.4 Å². The Morgan fingerprint density at radius 2 is 1.89 bits per heavy atom. The van der Waals surface area contributed by atoms with E-state index in [9.17, 15) is 4.79 Å². The number of pyridine rings is 1. The zero-order chi connectivity index (χ0) is 11.4. The third kappa shape index (κ3) is 4.42. The minimum atomic E-state index is -0.984. The number of rotatable bonds is 2. The van der Waals surface area contributed by atoms with Crippen LogP contribution in [0.2, 0.25) is 0 Å².